The summed E-state index contributed by atoms with van der Waals surface area (Å²) in [6, 6.07) is -1.25. The molecule has 228 valence electrons. The highest BCUT2D eigenvalue weighted by molar-refractivity contribution is 7.85. The number of hydrogen-bond acceptors (Lipinski definition) is 5. The Labute approximate surface area is 239 Å². The average molecular weight is 572 g/mol. The molecule has 1 amide bonds. The molecule has 0 saturated heterocycles. The number of carbonyl (C=O) groups is 1. The van der Waals surface area contributed by atoms with Crippen LogP contribution in [-0.4, -0.2) is 53.1 Å². The Morgan fingerprint density at radius 3 is 1.72 bits per heavy atom. The molecule has 0 saturated carbocycles. The number of amides is 1. The van der Waals surface area contributed by atoms with Crippen molar-refractivity contribution >= 4 is 16.0 Å². The molecular formula is C31H57NO6S. The molecule has 0 heterocycles. The van der Waals surface area contributed by atoms with Crippen molar-refractivity contribution in [3.8, 4) is 0 Å². The Kier molecular flexibility index (Phi) is 24.5. The number of carbonyl (C=O) groups excluding carboxylic acids is 1. The first kappa shape index (κ1) is 37.5. The fourth-order valence-corrected chi connectivity index (χ4v) is 4.96. The summed E-state index contributed by atoms with van der Waals surface area (Å²) >= 11 is 0. The fraction of sp³-hybridized carbons (Fsp3) is 0.774. The van der Waals surface area contributed by atoms with E-state index in [0.717, 1.165) is 44.9 Å². The topological polar surface area (TPSA) is 124 Å². The molecule has 39 heavy (non-hydrogen) atoms. The van der Waals surface area contributed by atoms with Crippen molar-refractivity contribution < 1.29 is 28.0 Å². The van der Waals surface area contributed by atoms with E-state index in [1.165, 1.54) is 57.4 Å². The zero-order chi connectivity index (χ0) is 29.2. The Hall–Kier alpha value is -1.48. The lowest BCUT2D eigenvalue weighted by atomic mass is 10.1. The van der Waals surface area contributed by atoms with Crippen LogP contribution in [0.2, 0.25) is 0 Å². The van der Waals surface area contributed by atoms with E-state index in [1.54, 1.807) is 6.08 Å². The molecule has 0 spiro atoms. The van der Waals surface area contributed by atoms with Crippen molar-refractivity contribution in [2.24, 2.45) is 0 Å². The van der Waals surface area contributed by atoms with Gasteiger partial charge in [-0.1, -0.05) is 108 Å². The highest BCUT2D eigenvalue weighted by Gasteiger charge is 2.27. The van der Waals surface area contributed by atoms with Gasteiger partial charge in [-0.25, -0.2) is 0 Å². The summed E-state index contributed by atoms with van der Waals surface area (Å²) in [5.74, 6) is -1.58. The van der Waals surface area contributed by atoms with Crippen molar-refractivity contribution in [1.82, 2.24) is 5.32 Å². The predicted octanol–water partition coefficient (Wildman–Crippen LogP) is 6.81. The second kappa shape index (κ2) is 25.5. The molecule has 0 aromatic carbocycles. The number of allylic oxidation sites excluding steroid dienone is 5. The minimum atomic E-state index is -4.44. The summed E-state index contributed by atoms with van der Waals surface area (Å²) in [5, 5.41) is 23.1. The zero-order valence-corrected chi connectivity index (χ0v) is 25.4. The van der Waals surface area contributed by atoms with E-state index in [4.69, 9.17) is 0 Å². The second-order valence-electron chi connectivity index (χ2n) is 10.5. The average Bonchev–Trinajstić information content (AvgIpc) is 2.88. The van der Waals surface area contributed by atoms with Crippen LogP contribution in [0.4, 0.5) is 0 Å². The minimum Gasteiger partial charge on any atom is -0.387 e. The molecule has 0 rings (SSSR count). The van der Waals surface area contributed by atoms with Crippen molar-refractivity contribution in [1.29, 1.82) is 0 Å². The molecule has 8 heteroatoms. The Morgan fingerprint density at radius 2 is 1.15 bits per heavy atom. The van der Waals surface area contributed by atoms with Crippen LogP contribution < -0.4 is 5.32 Å². The van der Waals surface area contributed by atoms with E-state index >= 15 is 0 Å². The zero-order valence-electron chi connectivity index (χ0n) is 24.6. The first-order valence-corrected chi connectivity index (χ1v) is 16.9. The van der Waals surface area contributed by atoms with Gasteiger partial charge in [0.1, 0.15) is 6.10 Å². The monoisotopic (exact) mass is 571 g/mol. The first-order valence-electron chi connectivity index (χ1n) is 15.3. The van der Waals surface area contributed by atoms with Crippen molar-refractivity contribution in [2.45, 2.75) is 148 Å². The second-order valence-corrected chi connectivity index (χ2v) is 12.0. The summed E-state index contributed by atoms with van der Waals surface area (Å²) in [4.78, 5) is 12.4. The van der Waals surface area contributed by atoms with Gasteiger partial charge in [0.05, 0.1) is 17.9 Å². The standard InChI is InChI=1S/C31H57NO6S/c1-3-5-7-9-11-13-15-17-19-21-23-25-29(33)28(27-39(36,37)38)32-31(35)30(34)26-24-22-20-18-16-14-12-10-8-6-4-2/h12,14-15,17,23,25,28-30,33-34H,3-11,13,16,18-22,24,26-27H2,1-2H3,(H,32,35)(H,36,37,38)/b14-12-,17-15+,25-23+. The number of rotatable bonds is 26. The first-order chi connectivity index (χ1) is 18.7. The van der Waals surface area contributed by atoms with Gasteiger partial charge in [-0.2, -0.15) is 8.42 Å². The van der Waals surface area contributed by atoms with Gasteiger partial charge < -0.3 is 15.5 Å². The molecule has 3 unspecified atom stereocenters. The van der Waals surface area contributed by atoms with Crippen LogP contribution in [0.25, 0.3) is 0 Å². The molecule has 7 nitrogen and oxygen atoms in total. The fourth-order valence-electron chi connectivity index (χ4n) is 4.23. The Balaban J connectivity index is 4.35. The largest absolute Gasteiger partial charge is 0.387 e. The van der Waals surface area contributed by atoms with Gasteiger partial charge in [-0.05, 0) is 57.8 Å². The van der Waals surface area contributed by atoms with Gasteiger partial charge in [-0.15, -0.1) is 0 Å². The summed E-state index contributed by atoms with van der Waals surface area (Å²) in [5.41, 5.74) is 0. The Bertz CT molecular complexity index is 778. The summed E-state index contributed by atoms with van der Waals surface area (Å²) in [6.45, 7) is 4.40. The van der Waals surface area contributed by atoms with Crippen LogP contribution >= 0.6 is 0 Å². The summed E-state index contributed by atoms with van der Waals surface area (Å²) < 4.78 is 32.1. The number of aliphatic hydroxyl groups is 2. The normalized spacial score (nSPS) is 14.9. The van der Waals surface area contributed by atoms with Gasteiger partial charge in [0, 0.05) is 0 Å². The maximum absolute atomic E-state index is 12.4. The van der Waals surface area contributed by atoms with E-state index in [2.05, 4.69) is 43.5 Å². The van der Waals surface area contributed by atoms with Gasteiger partial charge >= 0.3 is 0 Å². The van der Waals surface area contributed by atoms with E-state index in [-0.39, 0.29) is 6.42 Å². The highest BCUT2D eigenvalue weighted by Crippen LogP contribution is 2.11. The van der Waals surface area contributed by atoms with Crippen molar-refractivity contribution in [2.75, 3.05) is 5.75 Å². The lowest BCUT2D eigenvalue weighted by Gasteiger charge is -2.22. The van der Waals surface area contributed by atoms with Crippen LogP contribution in [-0.2, 0) is 14.9 Å². The third kappa shape index (κ3) is 25.2. The highest BCUT2D eigenvalue weighted by atomic mass is 32.2. The lowest BCUT2D eigenvalue weighted by molar-refractivity contribution is -0.130. The third-order valence-corrected chi connectivity index (χ3v) is 7.43. The van der Waals surface area contributed by atoms with Gasteiger partial charge in [-0.3, -0.25) is 9.35 Å². The van der Waals surface area contributed by atoms with Crippen LogP contribution in [0.15, 0.2) is 36.5 Å². The van der Waals surface area contributed by atoms with Gasteiger partial charge in [0.2, 0.25) is 5.91 Å². The summed E-state index contributed by atoms with van der Waals surface area (Å²) in [6.07, 6.45) is 27.8. The number of unbranched alkanes of at least 4 members (excludes halogenated alkanes) is 13. The Morgan fingerprint density at radius 1 is 0.692 bits per heavy atom. The van der Waals surface area contributed by atoms with E-state index < -0.39 is 40.0 Å². The van der Waals surface area contributed by atoms with Crippen LogP contribution in [0.5, 0.6) is 0 Å². The van der Waals surface area contributed by atoms with E-state index in [9.17, 15) is 28.0 Å². The molecule has 0 aliphatic rings. The van der Waals surface area contributed by atoms with E-state index in [0.29, 0.717) is 12.8 Å². The minimum absolute atomic E-state index is 0.258. The molecule has 4 N–H and O–H groups in total. The lowest BCUT2D eigenvalue weighted by Crippen LogP contribution is -2.50. The van der Waals surface area contributed by atoms with Crippen molar-refractivity contribution in [3.05, 3.63) is 36.5 Å². The van der Waals surface area contributed by atoms with Gasteiger partial charge in [0.15, 0.2) is 0 Å². The number of nitrogens with one attached hydrogen (secondary N) is 1. The molecule has 3 atom stereocenters. The molecule has 0 fully saturated rings. The summed E-state index contributed by atoms with van der Waals surface area (Å²) in [7, 11) is -4.44. The van der Waals surface area contributed by atoms with E-state index in [1.807, 2.05) is 0 Å². The molecule has 0 aromatic heterocycles. The third-order valence-electron chi connectivity index (χ3n) is 6.65. The van der Waals surface area contributed by atoms with Crippen molar-refractivity contribution in [3.63, 3.8) is 0 Å². The van der Waals surface area contributed by atoms with Crippen LogP contribution in [0, 0.1) is 0 Å². The quantitative estimate of drug-likeness (QED) is 0.0514. The number of hydrogen-bond donors (Lipinski definition) is 4. The molecular weight excluding hydrogens is 514 g/mol. The molecule has 0 aliphatic heterocycles. The maximum Gasteiger partial charge on any atom is 0.267 e. The molecule has 0 aromatic rings. The molecule has 0 aliphatic carbocycles. The maximum atomic E-state index is 12.4. The van der Waals surface area contributed by atoms with Gasteiger partial charge in [0.25, 0.3) is 10.1 Å². The van der Waals surface area contributed by atoms with Crippen LogP contribution in [0.1, 0.15) is 129 Å². The SMILES string of the molecule is CCCCC/C=C\CCCCCCC(O)C(=O)NC(CS(=O)(=O)O)C(O)/C=C/CC/C=C/CCCCCCC. The predicted molar refractivity (Wildman–Crippen MR) is 162 cm³/mol. The molecule has 0 bridgehead atoms. The number of aliphatic hydroxyl groups excluding tert-OH is 2. The molecule has 0 radical (unpaired) electrons. The smallest absolute Gasteiger partial charge is 0.267 e. The van der Waals surface area contributed by atoms with Crippen LogP contribution in [0.3, 0.4) is 0 Å².